The smallest absolute Gasteiger partial charge is 0.394 e. The van der Waals surface area contributed by atoms with E-state index in [9.17, 15) is 31.5 Å². The molecule has 1 heterocycles. The Morgan fingerprint density at radius 3 is 2.24 bits per heavy atom. The Kier molecular flexibility index (Phi) is 5.48. The molecule has 1 aliphatic rings. The van der Waals surface area contributed by atoms with Gasteiger partial charge in [0.25, 0.3) is 6.43 Å². The minimum Gasteiger partial charge on any atom is -0.481 e. The minimum absolute atomic E-state index is 0.0761. The fourth-order valence-electron chi connectivity index (χ4n) is 2.62. The monoisotopic (exact) mass is 366 g/mol. The van der Waals surface area contributed by atoms with Crippen LogP contribution in [0.15, 0.2) is 24.3 Å². The minimum atomic E-state index is -4.72. The first kappa shape index (κ1) is 18.9. The topological polar surface area (TPSA) is 69.6 Å². The second-order valence-corrected chi connectivity index (χ2v) is 5.70. The van der Waals surface area contributed by atoms with Crippen LogP contribution in [0.2, 0.25) is 0 Å². The average molecular weight is 366 g/mol. The van der Waals surface area contributed by atoms with Gasteiger partial charge in [0.1, 0.15) is 0 Å². The molecule has 0 spiro atoms. The summed E-state index contributed by atoms with van der Waals surface area (Å²) in [7, 11) is 0. The molecular weight excluding hydrogens is 351 g/mol. The van der Waals surface area contributed by atoms with Gasteiger partial charge in [0.15, 0.2) is 0 Å². The summed E-state index contributed by atoms with van der Waals surface area (Å²) < 4.78 is 63.5. The predicted octanol–water partition coefficient (Wildman–Crippen LogP) is 3.03. The van der Waals surface area contributed by atoms with Gasteiger partial charge in [-0.25, -0.2) is 13.6 Å². The van der Waals surface area contributed by atoms with Gasteiger partial charge in [-0.15, -0.1) is 0 Å². The van der Waals surface area contributed by atoms with Crippen molar-refractivity contribution in [3.63, 3.8) is 0 Å². The molecule has 2 amide bonds. The Labute approximate surface area is 139 Å². The van der Waals surface area contributed by atoms with E-state index in [4.69, 9.17) is 5.11 Å². The first-order valence-electron chi connectivity index (χ1n) is 7.29. The summed E-state index contributed by atoms with van der Waals surface area (Å²) in [6, 6.07) is 4.26. The van der Waals surface area contributed by atoms with Gasteiger partial charge in [-0.2, -0.15) is 13.2 Å². The molecule has 1 aromatic carbocycles. The molecule has 138 valence electrons. The number of carboxylic acid groups (broad SMARTS) is 1. The van der Waals surface area contributed by atoms with Crippen LogP contribution in [-0.2, 0) is 11.3 Å². The molecular formula is C15H15F5N2O3. The number of nitrogens with zero attached hydrogens (tertiary/aromatic N) is 1. The van der Waals surface area contributed by atoms with Crippen molar-refractivity contribution >= 4 is 12.0 Å². The van der Waals surface area contributed by atoms with Crippen molar-refractivity contribution in [2.75, 3.05) is 13.1 Å². The van der Waals surface area contributed by atoms with Gasteiger partial charge in [0, 0.05) is 25.2 Å². The second-order valence-electron chi connectivity index (χ2n) is 5.70. The highest BCUT2D eigenvalue weighted by atomic mass is 19.4. The first-order chi connectivity index (χ1) is 11.6. The third kappa shape index (κ3) is 4.58. The Balaban J connectivity index is 1.96. The van der Waals surface area contributed by atoms with Gasteiger partial charge in [-0.05, 0) is 5.56 Å². The van der Waals surface area contributed by atoms with Crippen molar-refractivity contribution in [2.24, 2.45) is 11.8 Å². The number of alkyl halides is 5. The SMILES string of the molecule is O=C(O)[C@@H]1CN(C(=O)NCc2ccc(C(F)F)cc2)C[C@H]1C(F)(F)F. The van der Waals surface area contributed by atoms with Gasteiger partial charge >= 0.3 is 18.2 Å². The number of hydrogen-bond acceptors (Lipinski definition) is 2. The number of nitrogens with one attached hydrogen (secondary N) is 1. The fraction of sp³-hybridized carbons (Fsp3) is 0.467. The number of benzene rings is 1. The summed E-state index contributed by atoms with van der Waals surface area (Å²) >= 11 is 0. The number of aliphatic carboxylic acids is 1. The normalized spacial score (nSPS) is 20.8. The Bertz CT molecular complexity index is 633. The summed E-state index contributed by atoms with van der Waals surface area (Å²) in [4.78, 5) is 23.7. The highest BCUT2D eigenvalue weighted by molar-refractivity contribution is 5.77. The molecule has 5 nitrogen and oxygen atoms in total. The number of carbonyl (C=O) groups is 2. The number of hydrogen-bond donors (Lipinski definition) is 2. The Morgan fingerprint density at radius 1 is 1.20 bits per heavy atom. The molecule has 2 atom stereocenters. The van der Waals surface area contributed by atoms with Gasteiger partial charge in [0.2, 0.25) is 0 Å². The molecule has 0 unspecified atom stereocenters. The first-order valence-corrected chi connectivity index (χ1v) is 7.29. The second kappa shape index (κ2) is 7.24. The van der Waals surface area contributed by atoms with Gasteiger partial charge < -0.3 is 15.3 Å². The Hall–Kier alpha value is -2.39. The number of carbonyl (C=O) groups excluding carboxylic acids is 1. The molecule has 1 aromatic rings. The third-order valence-electron chi connectivity index (χ3n) is 4.02. The lowest BCUT2D eigenvalue weighted by Gasteiger charge is -2.18. The Morgan fingerprint density at radius 2 is 1.80 bits per heavy atom. The maximum atomic E-state index is 12.9. The van der Waals surface area contributed by atoms with Gasteiger partial charge in [-0.1, -0.05) is 24.3 Å². The summed E-state index contributed by atoms with van der Waals surface area (Å²) in [6.07, 6.45) is -7.34. The number of halogens is 5. The molecule has 25 heavy (non-hydrogen) atoms. The van der Waals surface area contributed by atoms with Crippen molar-refractivity contribution in [2.45, 2.75) is 19.1 Å². The van der Waals surface area contributed by atoms with Crippen LogP contribution in [0.3, 0.4) is 0 Å². The molecule has 1 saturated heterocycles. The van der Waals surface area contributed by atoms with Crippen molar-refractivity contribution in [1.29, 1.82) is 0 Å². The van der Waals surface area contributed by atoms with Crippen molar-refractivity contribution in [3.05, 3.63) is 35.4 Å². The van der Waals surface area contributed by atoms with Crippen LogP contribution in [0.4, 0.5) is 26.7 Å². The largest absolute Gasteiger partial charge is 0.481 e. The van der Waals surface area contributed by atoms with E-state index in [0.29, 0.717) is 5.56 Å². The number of rotatable bonds is 4. The third-order valence-corrected chi connectivity index (χ3v) is 4.02. The van der Waals surface area contributed by atoms with Crippen LogP contribution in [-0.4, -0.2) is 41.3 Å². The van der Waals surface area contributed by atoms with Crippen molar-refractivity contribution in [1.82, 2.24) is 10.2 Å². The molecule has 0 bridgehead atoms. The van der Waals surface area contributed by atoms with Crippen LogP contribution < -0.4 is 5.32 Å². The highest BCUT2D eigenvalue weighted by Crippen LogP contribution is 2.37. The van der Waals surface area contributed by atoms with Crippen LogP contribution in [0.5, 0.6) is 0 Å². The predicted molar refractivity (Wildman–Crippen MR) is 75.9 cm³/mol. The summed E-state index contributed by atoms with van der Waals surface area (Å²) in [6.45, 7) is -1.36. The number of carboxylic acids is 1. The zero-order chi connectivity index (χ0) is 18.8. The molecule has 1 fully saturated rings. The number of amides is 2. The molecule has 0 aliphatic carbocycles. The van der Waals surface area contributed by atoms with Crippen molar-refractivity contribution in [3.8, 4) is 0 Å². The summed E-state index contributed by atoms with van der Waals surface area (Å²) in [5, 5.41) is 11.3. The van der Waals surface area contributed by atoms with Crippen LogP contribution in [0.25, 0.3) is 0 Å². The average Bonchev–Trinajstić information content (AvgIpc) is 2.99. The van der Waals surface area contributed by atoms with E-state index in [-0.39, 0.29) is 12.1 Å². The van der Waals surface area contributed by atoms with E-state index in [2.05, 4.69) is 5.32 Å². The van der Waals surface area contributed by atoms with E-state index in [1.165, 1.54) is 24.3 Å². The molecule has 0 aromatic heterocycles. The molecule has 1 aliphatic heterocycles. The molecule has 0 radical (unpaired) electrons. The van der Waals surface area contributed by atoms with Crippen LogP contribution >= 0.6 is 0 Å². The van der Waals surface area contributed by atoms with Gasteiger partial charge in [-0.3, -0.25) is 4.79 Å². The van der Waals surface area contributed by atoms with E-state index in [1.54, 1.807) is 0 Å². The molecule has 2 N–H and O–H groups in total. The number of urea groups is 1. The lowest BCUT2D eigenvalue weighted by atomic mass is 9.96. The zero-order valence-electron chi connectivity index (χ0n) is 12.8. The van der Waals surface area contributed by atoms with E-state index >= 15 is 0 Å². The summed E-state index contributed by atoms with van der Waals surface area (Å²) in [5.74, 6) is -5.45. The molecule has 0 saturated carbocycles. The van der Waals surface area contributed by atoms with Crippen LogP contribution in [0.1, 0.15) is 17.6 Å². The summed E-state index contributed by atoms with van der Waals surface area (Å²) in [5.41, 5.74) is 0.297. The zero-order valence-corrected chi connectivity index (χ0v) is 12.8. The van der Waals surface area contributed by atoms with E-state index in [0.717, 1.165) is 4.90 Å². The highest BCUT2D eigenvalue weighted by Gasteiger charge is 2.53. The fourth-order valence-corrected chi connectivity index (χ4v) is 2.62. The standard InChI is InChI=1S/C15H15F5N2O3/c16-12(17)9-3-1-8(2-4-9)5-21-14(25)22-6-10(13(23)24)11(7-22)15(18,19)20/h1-4,10-12H,5-7H2,(H,21,25)(H,23,24)/t10-,11-/m1/s1. The van der Waals surface area contributed by atoms with Crippen molar-refractivity contribution < 1.29 is 36.6 Å². The maximum Gasteiger partial charge on any atom is 0.394 e. The molecule has 2 rings (SSSR count). The number of likely N-dealkylation sites (tertiary alicyclic amines) is 1. The van der Waals surface area contributed by atoms with E-state index in [1.807, 2.05) is 0 Å². The lowest BCUT2D eigenvalue weighted by molar-refractivity contribution is -0.187. The molecule has 10 heteroatoms. The lowest BCUT2D eigenvalue weighted by Crippen LogP contribution is -2.39. The quantitative estimate of drug-likeness (QED) is 0.805. The van der Waals surface area contributed by atoms with E-state index < -0.39 is 49.5 Å². The van der Waals surface area contributed by atoms with Gasteiger partial charge in [0.05, 0.1) is 11.8 Å². The van der Waals surface area contributed by atoms with Crippen LogP contribution in [0, 0.1) is 11.8 Å². The maximum absolute atomic E-state index is 12.9.